The summed E-state index contributed by atoms with van der Waals surface area (Å²) < 4.78 is 1.80. The normalized spacial score (nSPS) is 11.0. The van der Waals surface area contributed by atoms with Gasteiger partial charge in [-0.1, -0.05) is 18.2 Å². The van der Waals surface area contributed by atoms with Crippen molar-refractivity contribution in [1.29, 1.82) is 0 Å². The number of nitrogens with zero attached hydrogens (tertiary/aromatic N) is 4. The van der Waals surface area contributed by atoms with Gasteiger partial charge in [0.25, 0.3) is 0 Å². The van der Waals surface area contributed by atoms with Crippen LogP contribution in [-0.2, 0) is 13.6 Å². The Morgan fingerprint density at radius 2 is 1.96 bits per heavy atom. The van der Waals surface area contributed by atoms with Gasteiger partial charge in [0.15, 0.2) is 5.96 Å². The molecule has 0 atom stereocenters. The van der Waals surface area contributed by atoms with E-state index in [1.807, 2.05) is 19.4 Å². The second-order valence-corrected chi connectivity index (χ2v) is 5.91. The fourth-order valence-electron chi connectivity index (χ4n) is 2.65. The first kappa shape index (κ1) is 22.3. The van der Waals surface area contributed by atoms with Gasteiger partial charge in [-0.3, -0.25) is 4.68 Å². The van der Waals surface area contributed by atoms with Crippen LogP contribution in [0.15, 0.2) is 47.7 Å². The monoisotopic (exact) mass is 470 g/mol. The Kier molecular flexibility index (Phi) is 10.8. The lowest BCUT2D eigenvalue weighted by Crippen LogP contribution is -2.38. The first-order valence-electron chi connectivity index (χ1n) is 9.02. The summed E-state index contributed by atoms with van der Waals surface area (Å²) in [5.41, 5.74) is 2.39. The zero-order valence-electron chi connectivity index (χ0n) is 16.0. The number of para-hydroxylation sites is 1. The van der Waals surface area contributed by atoms with Crippen LogP contribution in [-0.4, -0.2) is 41.9 Å². The van der Waals surface area contributed by atoms with E-state index in [2.05, 4.69) is 69.8 Å². The summed E-state index contributed by atoms with van der Waals surface area (Å²) >= 11 is 0. The third-order valence-corrected chi connectivity index (χ3v) is 3.92. The highest BCUT2D eigenvalue weighted by Crippen LogP contribution is 2.12. The molecule has 26 heavy (non-hydrogen) atoms. The summed E-state index contributed by atoms with van der Waals surface area (Å²) in [4.78, 5) is 7.01. The number of hydrogen-bond donors (Lipinski definition) is 2. The van der Waals surface area contributed by atoms with Crippen LogP contribution >= 0.6 is 24.0 Å². The average molecular weight is 470 g/mol. The molecule has 0 spiro atoms. The standard InChI is InChI=1S/C19H30N6.HI/c1-4-20-19(22-14-17-15-23-24(3)16-17)21-12-9-13-25(5-2)18-10-7-6-8-11-18;/h6-8,10-11,15-16H,4-5,9,12-14H2,1-3H3,(H2,20,21,22);1H. The van der Waals surface area contributed by atoms with E-state index in [1.165, 1.54) is 5.69 Å². The first-order valence-corrected chi connectivity index (χ1v) is 9.02. The highest BCUT2D eigenvalue weighted by atomic mass is 127. The molecule has 0 radical (unpaired) electrons. The van der Waals surface area contributed by atoms with Crippen LogP contribution in [0.5, 0.6) is 0 Å². The molecule has 0 saturated heterocycles. The smallest absolute Gasteiger partial charge is 0.191 e. The maximum Gasteiger partial charge on any atom is 0.191 e. The number of benzene rings is 1. The molecule has 1 heterocycles. The van der Waals surface area contributed by atoms with E-state index in [-0.39, 0.29) is 24.0 Å². The van der Waals surface area contributed by atoms with Crippen molar-refractivity contribution in [1.82, 2.24) is 20.4 Å². The van der Waals surface area contributed by atoms with E-state index >= 15 is 0 Å². The molecule has 0 aliphatic heterocycles. The lowest BCUT2D eigenvalue weighted by Gasteiger charge is -2.23. The Balaban J connectivity index is 0.00000338. The van der Waals surface area contributed by atoms with Crippen molar-refractivity contribution >= 4 is 35.6 Å². The molecule has 2 aromatic rings. The van der Waals surface area contributed by atoms with Gasteiger partial charge in [0.1, 0.15) is 0 Å². The molecule has 0 fully saturated rings. The predicted molar refractivity (Wildman–Crippen MR) is 120 cm³/mol. The van der Waals surface area contributed by atoms with Gasteiger partial charge < -0.3 is 15.5 Å². The minimum absolute atomic E-state index is 0. The van der Waals surface area contributed by atoms with Crippen LogP contribution in [0.1, 0.15) is 25.8 Å². The summed E-state index contributed by atoms with van der Waals surface area (Å²) in [5.74, 6) is 0.856. The van der Waals surface area contributed by atoms with Gasteiger partial charge >= 0.3 is 0 Å². The number of rotatable bonds is 9. The van der Waals surface area contributed by atoms with Gasteiger partial charge in [0.2, 0.25) is 0 Å². The first-order chi connectivity index (χ1) is 12.2. The van der Waals surface area contributed by atoms with Crippen molar-refractivity contribution in [2.75, 3.05) is 31.1 Å². The maximum atomic E-state index is 4.62. The zero-order valence-corrected chi connectivity index (χ0v) is 18.3. The summed E-state index contributed by atoms with van der Waals surface area (Å²) in [7, 11) is 1.92. The SMILES string of the molecule is CCNC(=NCc1cnn(C)c1)NCCCN(CC)c1ccccc1.I. The molecule has 144 valence electrons. The Bertz CT molecular complexity index is 640. The number of hydrogen-bond acceptors (Lipinski definition) is 3. The van der Waals surface area contributed by atoms with Crippen molar-refractivity contribution in [2.24, 2.45) is 12.0 Å². The number of aryl methyl sites for hydroxylation is 1. The molecule has 1 aromatic carbocycles. The summed E-state index contributed by atoms with van der Waals surface area (Å²) in [6, 6.07) is 10.6. The number of guanidine groups is 1. The van der Waals surface area contributed by atoms with Gasteiger partial charge in [-0.15, -0.1) is 24.0 Å². The fourth-order valence-corrected chi connectivity index (χ4v) is 2.65. The molecule has 0 bridgehead atoms. The van der Waals surface area contributed by atoms with Crippen molar-refractivity contribution in [2.45, 2.75) is 26.8 Å². The summed E-state index contributed by atoms with van der Waals surface area (Å²) in [6.07, 6.45) is 4.90. The Hall–Kier alpha value is -1.77. The van der Waals surface area contributed by atoms with Gasteiger partial charge in [-0.05, 0) is 32.4 Å². The van der Waals surface area contributed by atoms with Gasteiger partial charge in [-0.2, -0.15) is 5.10 Å². The maximum absolute atomic E-state index is 4.62. The van der Waals surface area contributed by atoms with E-state index in [4.69, 9.17) is 0 Å². The van der Waals surface area contributed by atoms with Gasteiger partial charge in [0.05, 0.1) is 12.7 Å². The topological polar surface area (TPSA) is 57.5 Å². The predicted octanol–water partition coefficient (Wildman–Crippen LogP) is 3.01. The van der Waals surface area contributed by atoms with Crippen LogP contribution < -0.4 is 15.5 Å². The number of anilines is 1. The van der Waals surface area contributed by atoms with E-state index < -0.39 is 0 Å². The quantitative estimate of drug-likeness (QED) is 0.256. The van der Waals surface area contributed by atoms with Crippen LogP contribution in [0.25, 0.3) is 0 Å². The third kappa shape index (κ3) is 7.63. The second kappa shape index (κ2) is 12.6. The lowest BCUT2D eigenvalue weighted by atomic mass is 10.2. The molecule has 0 unspecified atom stereocenters. The average Bonchev–Trinajstić information content (AvgIpc) is 3.05. The Labute approximate surface area is 174 Å². The molecule has 2 N–H and O–H groups in total. The van der Waals surface area contributed by atoms with E-state index in [1.54, 1.807) is 4.68 Å². The molecule has 7 heteroatoms. The molecule has 2 rings (SSSR count). The van der Waals surface area contributed by atoms with Gasteiger partial charge in [-0.25, -0.2) is 4.99 Å². The molecule has 0 amide bonds. The Morgan fingerprint density at radius 1 is 1.19 bits per heavy atom. The zero-order chi connectivity index (χ0) is 17.9. The minimum Gasteiger partial charge on any atom is -0.372 e. The third-order valence-electron chi connectivity index (χ3n) is 3.92. The molecule has 0 aliphatic rings. The van der Waals surface area contributed by atoms with Crippen LogP contribution in [0, 0.1) is 0 Å². The Morgan fingerprint density at radius 3 is 2.58 bits per heavy atom. The number of aliphatic imine (C=N–C) groups is 1. The largest absolute Gasteiger partial charge is 0.372 e. The molecule has 1 aromatic heterocycles. The number of halogens is 1. The van der Waals surface area contributed by atoms with E-state index in [0.717, 1.165) is 44.1 Å². The van der Waals surface area contributed by atoms with Crippen molar-refractivity contribution in [3.63, 3.8) is 0 Å². The molecule has 0 saturated carbocycles. The van der Waals surface area contributed by atoms with Crippen molar-refractivity contribution < 1.29 is 0 Å². The molecule has 6 nitrogen and oxygen atoms in total. The van der Waals surface area contributed by atoms with Crippen LogP contribution in [0.3, 0.4) is 0 Å². The number of nitrogens with one attached hydrogen (secondary N) is 2. The molecular weight excluding hydrogens is 439 g/mol. The fraction of sp³-hybridized carbons (Fsp3) is 0.474. The number of aromatic nitrogens is 2. The van der Waals surface area contributed by atoms with Crippen LogP contribution in [0.2, 0.25) is 0 Å². The lowest BCUT2D eigenvalue weighted by molar-refractivity contribution is 0.709. The molecule has 0 aliphatic carbocycles. The van der Waals surface area contributed by atoms with Crippen LogP contribution in [0.4, 0.5) is 5.69 Å². The minimum atomic E-state index is 0. The van der Waals surface area contributed by atoms with E-state index in [9.17, 15) is 0 Å². The van der Waals surface area contributed by atoms with Crippen molar-refractivity contribution in [3.05, 3.63) is 48.3 Å². The van der Waals surface area contributed by atoms with Crippen molar-refractivity contribution in [3.8, 4) is 0 Å². The summed E-state index contributed by atoms with van der Waals surface area (Å²) in [6.45, 7) is 8.69. The van der Waals surface area contributed by atoms with Gasteiger partial charge in [0, 0.05) is 50.7 Å². The second-order valence-electron chi connectivity index (χ2n) is 5.91. The highest BCUT2D eigenvalue weighted by molar-refractivity contribution is 14.0. The highest BCUT2D eigenvalue weighted by Gasteiger charge is 2.04. The summed E-state index contributed by atoms with van der Waals surface area (Å²) in [5, 5.41) is 10.9. The van der Waals surface area contributed by atoms with E-state index in [0.29, 0.717) is 6.54 Å². The molecular formula is C19H31IN6.